The number of sulfonamides is 1. The second-order valence-electron chi connectivity index (χ2n) is 6.63. The summed E-state index contributed by atoms with van der Waals surface area (Å²) in [6, 6.07) is 11.8. The lowest BCUT2D eigenvalue weighted by molar-refractivity contribution is -0.121. The van der Waals surface area contributed by atoms with Crippen molar-refractivity contribution in [3.63, 3.8) is 0 Å². The van der Waals surface area contributed by atoms with Crippen molar-refractivity contribution in [1.82, 2.24) is 5.32 Å². The van der Waals surface area contributed by atoms with Crippen molar-refractivity contribution in [3.05, 3.63) is 60.2 Å². The van der Waals surface area contributed by atoms with Crippen molar-refractivity contribution in [2.45, 2.75) is 25.8 Å². The molecular formula is C20H24F2N2O4S. The molecule has 0 aliphatic carbocycles. The molecule has 0 aromatic heterocycles. The van der Waals surface area contributed by atoms with Crippen molar-refractivity contribution in [3.8, 4) is 5.75 Å². The summed E-state index contributed by atoms with van der Waals surface area (Å²) in [5, 5.41) is 2.78. The van der Waals surface area contributed by atoms with Gasteiger partial charge >= 0.3 is 0 Å². The van der Waals surface area contributed by atoms with E-state index < -0.39 is 21.7 Å². The number of halogens is 2. The first-order valence-electron chi connectivity index (χ1n) is 9.07. The van der Waals surface area contributed by atoms with Gasteiger partial charge in [-0.25, -0.2) is 17.2 Å². The van der Waals surface area contributed by atoms with Crippen LogP contribution >= 0.6 is 0 Å². The molecule has 0 saturated carbocycles. The Kier molecular flexibility index (Phi) is 7.95. The summed E-state index contributed by atoms with van der Waals surface area (Å²) in [5.74, 6) is -1.76. The van der Waals surface area contributed by atoms with E-state index in [1.165, 1.54) is 6.07 Å². The molecular weight excluding hydrogens is 402 g/mol. The quantitative estimate of drug-likeness (QED) is 0.634. The van der Waals surface area contributed by atoms with Crippen LogP contribution < -0.4 is 14.4 Å². The third kappa shape index (κ3) is 7.34. The number of ether oxygens (including phenoxy) is 1. The number of hydrogen-bond donors (Lipinski definition) is 1. The minimum Gasteiger partial charge on any atom is -0.491 e. The van der Waals surface area contributed by atoms with Crippen LogP contribution in [0.5, 0.6) is 5.75 Å². The monoisotopic (exact) mass is 426 g/mol. The van der Waals surface area contributed by atoms with Gasteiger partial charge in [0, 0.05) is 19.0 Å². The number of rotatable bonds is 10. The highest BCUT2D eigenvalue weighted by atomic mass is 32.2. The van der Waals surface area contributed by atoms with Gasteiger partial charge in [0.1, 0.15) is 12.4 Å². The normalized spacial score (nSPS) is 12.3. The van der Waals surface area contributed by atoms with Crippen LogP contribution in [0.15, 0.2) is 48.5 Å². The molecule has 1 atom stereocenters. The predicted molar refractivity (Wildman–Crippen MR) is 107 cm³/mol. The lowest BCUT2D eigenvalue weighted by Gasteiger charge is -2.22. The Balaban J connectivity index is 1.83. The summed E-state index contributed by atoms with van der Waals surface area (Å²) in [6.07, 6.45) is 1.26. The summed E-state index contributed by atoms with van der Waals surface area (Å²) >= 11 is 0. The SMILES string of the molecule is C[C@H](COc1ccccc1)NC(=O)CCCN(c1ccc(F)c(F)c1)S(C)(=O)=O. The van der Waals surface area contributed by atoms with Gasteiger partial charge in [-0.1, -0.05) is 18.2 Å². The Morgan fingerprint density at radius 3 is 2.45 bits per heavy atom. The molecule has 1 amide bonds. The van der Waals surface area contributed by atoms with E-state index in [0.29, 0.717) is 12.4 Å². The van der Waals surface area contributed by atoms with Crippen LogP contribution in [0.25, 0.3) is 0 Å². The molecule has 0 bridgehead atoms. The lowest BCUT2D eigenvalue weighted by Crippen LogP contribution is -2.37. The van der Waals surface area contributed by atoms with Crippen molar-refractivity contribution in [2.75, 3.05) is 23.7 Å². The number of amides is 1. The molecule has 1 N–H and O–H groups in total. The maximum absolute atomic E-state index is 13.4. The zero-order chi connectivity index (χ0) is 21.4. The minimum absolute atomic E-state index is 0.0106. The summed E-state index contributed by atoms with van der Waals surface area (Å²) in [5.41, 5.74) is 0.0106. The van der Waals surface area contributed by atoms with Crippen LogP contribution in [0.4, 0.5) is 14.5 Å². The fourth-order valence-electron chi connectivity index (χ4n) is 2.64. The second-order valence-corrected chi connectivity index (χ2v) is 8.54. The zero-order valence-electron chi connectivity index (χ0n) is 16.3. The van der Waals surface area contributed by atoms with Crippen molar-refractivity contribution in [2.24, 2.45) is 0 Å². The molecule has 0 aliphatic heterocycles. The van der Waals surface area contributed by atoms with E-state index in [9.17, 15) is 22.0 Å². The van der Waals surface area contributed by atoms with Gasteiger partial charge in [0.15, 0.2) is 11.6 Å². The number of anilines is 1. The molecule has 9 heteroatoms. The molecule has 0 heterocycles. The van der Waals surface area contributed by atoms with E-state index in [1.807, 2.05) is 30.3 Å². The summed E-state index contributed by atoms with van der Waals surface area (Å²) in [7, 11) is -3.72. The van der Waals surface area contributed by atoms with Gasteiger partial charge in [-0.05, 0) is 37.6 Å². The fraction of sp³-hybridized carbons (Fsp3) is 0.350. The average molecular weight is 426 g/mol. The molecule has 6 nitrogen and oxygen atoms in total. The number of hydrogen-bond acceptors (Lipinski definition) is 4. The summed E-state index contributed by atoms with van der Waals surface area (Å²) < 4.78 is 57.1. The maximum Gasteiger partial charge on any atom is 0.232 e. The molecule has 0 radical (unpaired) electrons. The molecule has 0 fully saturated rings. The van der Waals surface area contributed by atoms with Gasteiger partial charge in [-0.15, -0.1) is 0 Å². The largest absolute Gasteiger partial charge is 0.491 e. The lowest BCUT2D eigenvalue weighted by atomic mass is 10.2. The fourth-order valence-corrected chi connectivity index (χ4v) is 3.59. The van der Waals surface area contributed by atoms with E-state index in [1.54, 1.807) is 6.92 Å². The average Bonchev–Trinajstić information content (AvgIpc) is 2.66. The van der Waals surface area contributed by atoms with Crippen LogP contribution in [0.1, 0.15) is 19.8 Å². The minimum atomic E-state index is -3.72. The van der Waals surface area contributed by atoms with E-state index in [4.69, 9.17) is 4.74 Å². The zero-order valence-corrected chi connectivity index (χ0v) is 17.1. The Morgan fingerprint density at radius 1 is 1.14 bits per heavy atom. The first kappa shape index (κ1) is 22.6. The molecule has 0 aliphatic rings. The van der Waals surface area contributed by atoms with E-state index in [0.717, 1.165) is 22.7 Å². The van der Waals surface area contributed by atoms with Crippen LogP contribution in [-0.2, 0) is 14.8 Å². The highest BCUT2D eigenvalue weighted by molar-refractivity contribution is 7.92. The predicted octanol–water partition coefficient (Wildman–Crippen LogP) is 3.09. The summed E-state index contributed by atoms with van der Waals surface area (Å²) in [6.45, 7) is 2.05. The highest BCUT2D eigenvalue weighted by Crippen LogP contribution is 2.21. The molecule has 2 aromatic rings. The first-order valence-corrected chi connectivity index (χ1v) is 10.9. The van der Waals surface area contributed by atoms with Gasteiger partial charge in [0.05, 0.1) is 18.0 Å². The van der Waals surface area contributed by atoms with E-state index >= 15 is 0 Å². The van der Waals surface area contributed by atoms with Crippen molar-refractivity contribution in [1.29, 1.82) is 0 Å². The number of benzene rings is 2. The highest BCUT2D eigenvalue weighted by Gasteiger charge is 2.19. The van der Waals surface area contributed by atoms with Crippen LogP contribution in [-0.4, -0.2) is 39.8 Å². The Labute approximate surface area is 169 Å². The molecule has 158 valence electrons. The van der Waals surface area contributed by atoms with Crippen molar-refractivity contribution < 1.29 is 26.7 Å². The number of para-hydroxylation sites is 1. The molecule has 0 unspecified atom stereocenters. The third-order valence-corrected chi connectivity index (χ3v) is 5.20. The molecule has 2 aromatic carbocycles. The number of carbonyl (C=O) groups excluding carboxylic acids is 1. The van der Waals surface area contributed by atoms with E-state index in [2.05, 4.69) is 5.32 Å². The van der Waals surface area contributed by atoms with Crippen LogP contribution in [0, 0.1) is 11.6 Å². The first-order chi connectivity index (χ1) is 13.7. The Morgan fingerprint density at radius 2 is 1.83 bits per heavy atom. The van der Waals surface area contributed by atoms with Gasteiger partial charge in [-0.2, -0.15) is 0 Å². The molecule has 0 spiro atoms. The molecule has 0 saturated heterocycles. The second kappa shape index (κ2) is 10.2. The number of nitrogens with zero attached hydrogens (tertiary/aromatic N) is 1. The Bertz CT molecular complexity index is 923. The number of nitrogens with one attached hydrogen (secondary N) is 1. The smallest absolute Gasteiger partial charge is 0.232 e. The number of carbonyl (C=O) groups is 1. The molecule has 29 heavy (non-hydrogen) atoms. The van der Waals surface area contributed by atoms with Gasteiger partial charge in [0.25, 0.3) is 0 Å². The maximum atomic E-state index is 13.4. The van der Waals surface area contributed by atoms with E-state index in [-0.39, 0.29) is 37.0 Å². The van der Waals surface area contributed by atoms with Gasteiger partial charge in [-0.3, -0.25) is 9.10 Å². The van der Waals surface area contributed by atoms with Crippen LogP contribution in [0.3, 0.4) is 0 Å². The Hall–Kier alpha value is -2.68. The standard InChI is InChI=1S/C20H24F2N2O4S/c1-15(14-28-17-7-4-3-5-8-17)23-20(25)9-6-12-24(29(2,26)27)16-10-11-18(21)19(22)13-16/h3-5,7-8,10-11,13,15H,6,9,12,14H2,1-2H3,(H,23,25)/t15-/m1/s1. The topological polar surface area (TPSA) is 75.7 Å². The van der Waals surface area contributed by atoms with Crippen molar-refractivity contribution >= 4 is 21.6 Å². The van der Waals surface area contributed by atoms with Crippen LogP contribution in [0.2, 0.25) is 0 Å². The summed E-state index contributed by atoms with van der Waals surface area (Å²) in [4.78, 5) is 12.1. The third-order valence-electron chi connectivity index (χ3n) is 4.01. The molecule has 2 rings (SSSR count). The van der Waals surface area contributed by atoms with Gasteiger partial charge < -0.3 is 10.1 Å². The van der Waals surface area contributed by atoms with Gasteiger partial charge in [0.2, 0.25) is 15.9 Å².